The average molecular weight is 204 g/mol. The maximum Gasteiger partial charge on any atom is 0.151 e. The van der Waals surface area contributed by atoms with Crippen molar-refractivity contribution in [3.05, 3.63) is 34.9 Å². The van der Waals surface area contributed by atoms with Crippen LogP contribution >= 0.6 is 12.6 Å². The summed E-state index contributed by atoms with van der Waals surface area (Å²) in [6.45, 7) is 1.96. The van der Waals surface area contributed by atoms with E-state index in [1.165, 1.54) is 0 Å². The third-order valence-electron chi connectivity index (χ3n) is 1.79. The van der Waals surface area contributed by atoms with Crippen molar-refractivity contribution >= 4 is 18.9 Å². The molecule has 0 atom stereocenters. The van der Waals surface area contributed by atoms with Crippen LogP contribution < -0.4 is 0 Å². The molecule has 0 unspecified atom stereocenters. The van der Waals surface area contributed by atoms with E-state index in [0.717, 1.165) is 29.6 Å². The molecule has 72 valence electrons. The predicted octanol–water partition coefficient (Wildman–Crippen LogP) is 2.48. The zero-order valence-corrected chi connectivity index (χ0v) is 8.97. The molecule has 0 radical (unpaired) electrons. The molecule has 0 aliphatic heterocycles. The second-order valence-electron chi connectivity index (χ2n) is 2.98. The molecule has 0 aliphatic carbocycles. The lowest BCUT2D eigenvalue weighted by Crippen LogP contribution is -1.88. The summed E-state index contributed by atoms with van der Waals surface area (Å²) in [5, 5.41) is 0. The lowest BCUT2D eigenvalue weighted by atomic mass is 10.1. The molecule has 0 heterocycles. The highest BCUT2D eigenvalue weighted by Crippen LogP contribution is 2.08. The van der Waals surface area contributed by atoms with E-state index in [1.807, 2.05) is 25.1 Å². The minimum atomic E-state index is 0.664. The molecular weight excluding hydrogens is 192 g/mol. The normalized spacial score (nSPS) is 9.00. The molecule has 0 aromatic heterocycles. The van der Waals surface area contributed by atoms with Crippen LogP contribution in [0.5, 0.6) is 0 Å². The molecule has 0 bridgehead atoms. The molecule has 0 amide bonds. The summed E-state index contributed by atoms with van der Waals surface area (Å²) < 4.78 is 0. The molecule has 1 aromatic rings. The van der Waals surface area contributed by atoms with Gasteiger partial charge in [0.25, 0.3) is 0 Å². The Kier molecular flexibility index (Phi) is 4.28. The first-order chi connectivity index (χ1) is 6.77. The van der Waals surface area contributed by atoms with Crippen molar-refractivity contribution in [1.82, 2.24) is 0 Å². The first-order valence-corrected chi connectivity index (χ1v) is 5.06. The molecule has 0 aliphatic rings. The van der Waals surface area contributed by atoms with Crippen molar-refractivity contribution in [3.8, 4) is 11.8 Å². The highest BCUT2D eigenvalue weighted by atomic mass is 32.1. The summed E-state index contributed by atoms with van der Waals surface area (Å²) in [6, 6.07) is 5.68. The van der Waals surface area contributed by atoms with Crippen LogP contribution in [0.25, 0.3) is 0 Å². The van der Waals surface area contributed by atoms with Gasteiger partial charge < -0.3 is 0 Å². The van der Waals surface area contributed by atoms with Gasteiger partial charge in [0.2, 0.25) is 0 Å². The Bertz CT molecular complexity index is 385. The average Bonchev–Trinajstić information content (AvgIpc) is 2.20. The summed E-state index contributed by atoms with van der Waals surface area (Å²) in [5.74, 6) is 6.67. The minimum Gasteiger partial charge on any atom is -0.298 e. The first kappa shape index (κ1) is 10.9. The van der Waals surface area contributed by atoms with Crippen LogP contribution in [0.3, 0.4) is 0 Å². The summed E-state index contributed by atoms with van der Waals surface area (Å²) in [5.41, 5.74) is 2.54. The maximum absolute atomic E-state index is 10.7. The Morgan fingerprint density at radius 3 is 2.93 bits per heavy atom. The zero-order chi connectivity index (χ0) is 10.4. The Hall–Kier alpha value is -1.20. The standard InChI is InChI=1S/C12H12OS/c1-10-5-6-11(4-2-3-7-14)12(8-10)9-13/h5-6,8-9,14H,3,7H2,1H3. The van der Waals surface area contributed by atoms with Crippen LogP contribution in [0.2, 0.25) is 0 Å². The van der Waals surface area contributed by atoms with E-state index in [-0.39, 0.29) is 0 Å². The highest BCUT2D eigenvalue weighted by Gasteiger charge is 1.97. The molecule has 1 aromatic carbocycles. The molecule has 1 nitrogen and oxygen atoms in total. The summed E-state index contributed by atoms with van der Waals surface area (Å²) in [7, 11) is 0. The van der Waals surface area contributed by atoms with Crippen molar-refractivity contribution in [1.29, 1.82) is 0 Å². The number of thiol groups is 1. The number of rotatable bonds is 2. The minimum absolute atomic E-state index is 0.664. The first-order valence-electron chi connectivity index (χ1n) is 4.43. The maximum atomic E-state index is 10.7. The molecule has 0 fully saturated rings. The number of hydrogen-bond donors (Lipinski definition) is 1. The van der Waals surface area contributed by atoms with Gasteiger partial charge in [-0.15, -0.1) is 0 Å². The van der Waals surface area contributed by atoms with E-state index in [0.29, 0.717) is 5.56 Å². The smallest absolute Gasteiger partial charge is 0.151 e. The SMILES string of the molecule is Cc1ccc(C#CCCS)c(C=O)c1. The quantitative estimate of drug-likeness (QED) is 0.445. The Morgan fingerprint density at radius 1 is 1.50 bits per heavy atom. The van der Waals surface area contributed by atoms with Crippen LogP contribution in [0.15, 0.2) is 18.2 Å². The number of carbonyl (C=O) groups excluding carboxylic acids is 1. The molecular formula is C12H12OS. The van der Waals surface area contributed by atoms with Crippen molar-refractivity contribution < 1.29 is 4.79 Å². The van der Waals surface area contributed by atoms with Crippen molar-refractivity contribution in [2.75, 3.05) is 5.75 Å². The third-order valence-corrected chi connectivity index (χ3v) is 2.02. The molecule has 0 N–H and O–H groups in total. The monoisotopic (exact) mass is 204 g/mol. The second kappa shape index (κ2) is 5.51. The van der Waals surface area contributed by atoms with E-state index in [9.17, 15) is 4.79 Å². The fourth-order valence-electron chi connectivity index (χ4n) is 1.11. The molecule has 0 saturated heterocycles. The molecule has 14 heavy (non-hydrogen) atoms. The van der Waals surface area contributed by atoms with Crippen LogP contribution in [0, 0.1) is 18.8 Å². The summed E-state index contributed by atoms with van der Waals surface area (Å²) in [4.78, 5) is 10.7. The number of aldehydes is 1. The third kappa shape index (κ3) is 2.93. The van der Waals surface area contributed by atoms with E-state index in [4.69, 9.17) is 0 Å². The zero-order valence-electron chi connectivity index (χ0n) is 8.08. The fourth-order valence-corrected chi connectivity index (χ4v) is 1.22. The predicted molar refractivity (Wildman–Crippen MR) is 61.9 cm³/mol. The van der Waals surface area contributed by atoms with Gasteiger partial charge in [-0.25, -0.2) is 0 Å². The number of benzene rings is 1. The number of carbonyl (C=O) groups is 1. The second-order valence-corrected chi connectivity index (χ2v) is 3.43. The molecule has 0 spiro atoms. The Morgan fingerprint density at radius 2 is 2.29 bits per heavy atom. The molecule has 2 heteroatoms. The van der Waals surface area contributed by atoms with Gasteiger partial charge in [0, 0.05) is 23.3 Å². The summed E-state index contributed by atoms with van der Waals surface area (Å²) in [6.07, 6.45) is 1.59. The lowest BCUT2D eigenvalue weighted by Gasteiger charge is -1.97. The Labute approximate surface area is 89.9 Å². The van der Waals surface area contributed by atoms with E-state index in [1.54, 1.807) is 0 Å². The number of hydrogen-bond acceptors (Lipinski definition) is 2. The van der Waals surface area contributed by atoms with Crippen molar-refractivity contribution in [3.63, 3.8) is 0 Å². The van der Waals surface area contributed by atoms with Gasteiger partial charge in [0.1, 0.15) is 0 Å². The highest BCUT2D eigenvalue weighted by molar-refractivity contribution is 7.80. The van der Waals surface area contributed by atoms with Crippen LogP contribution in [-0.4, -0.2) is 12.0 Å². The largest absolute Gasteiger partial charge is 0.298 e. The van der Waals surface area contributed by atoms with Crippen molar-refractivity contribution in [2.24, 2.45) is 0 Å². The van der Waals surface area contributed by atoms with Crippen molar-refractivity contribution in [2.45, 2.75) is 13.3 Å². The molecule has 0 saturated carbocycles. The van der Waals surface area contributed by atoms with Gasteiger partial charge in [-0.3, -0.25) is 4.79 Å². The van der Waals surface area contributed by atoms with Gasteiger partial charge in [-0.1, -0.05) is 23.5 Å². The van der Waals surface area contributed by atoms with E-state index in [2.05, 4.69) is 24.5 Å². The fraction of sp³-hybridized carbons (Fsp3) is 0.250. The Balaban J connectivity index is 2.98. The topological polar surface area (TPSA) is 17.1 Å². The van der Waals surface area contributed by atoms with Gasteiger partial charge in [-0.2, -0.15) is 12.6 Å². The van der Waals surface area contributed by atoms with Crippen LogP contribution in [0.4, 0.5) is 0 Å². The lowest BCUT2D eigenvalue weighted by molar-refractivity contribution is 0.112. The van der Waals surface area contributed by atoms with Gasteiger partial charge in [-0.05, 0) is 19.1 Å². The van der Waals surface area contributed by atoms with Gasteiger partial charge >= 0.3 is 0 Å². The number of aryl methyl sites for hydroxylation is 1. The molecule has 1 rings (SSSR count). The van der Waals surface area contributed by atoms with Gasteiger partial charge in [0.15, 0.2) is 6.29 Å². The van der Waals surface area contributed by atoms with E-state index >= 15 is 0 Å². The van der Waals surface area contributed by atoms with E-state index < -0.39 is 0 Å². The van der Waals surface area contributed by atoms with Gasteiger partial charge in [0.05, 0.1) is 0 Å². The van der Waals surface area contributed by atoms with Crippen LogP contribution in [-0.2, 0) is 0 Å². The van der Waals surface area contributed by atoms with Crippen LogP contribution in [0.1, 0.15) is 27.9 Å². The summed E-state index contributed by atoms with van der Waals surface area (Å²) >= 11 is 4.06.